The van der Waals surface area contributed by atoms with Crippen LogP contribution in [0.5, 0.6) is 17.2 Å². The van der Waals surface area contributed by atoms with Gasteiger partial charge in [0.05, 0.1) is 37.0 Å². The summed E-state index contributed by atoms with van der Waals surface area (Å²) in [5.74, 6) is -2.70. The molecule has 1 heterocycles. The van der Waals surface area contributed by atoms with E-state index in [9.17, 15) is 24.3 Å². The fourth-order valence-corrected chi connectivity index (χ4v) is 5.39. The van der Waals surface area contributed by atoms with E-state index >= 15 is 4.39 Å². The summed E-state index contributed by atoms with van der Waals surface area (Å²) < 4.78 is 32.8. The molecule has 0 saturated carbocycles. The lowest BCUT2D eigenvalue weighted by Crippen LogP contribution is -2.26. The molecule has 9 nitrogen and oxygen atoms in total. The van der Waals surface area contributed by atoms with E-state index in [1.807, 2.05) is 12.1 Å². The second-order valence-corrected chi connectivity index (χ2v) is 11.7. The zero-order valence-electron chi connectivity index (χ0n) is 23.9. The van der Waals surface area contributed by atoms with Gasteiger partial charge in [0.25, 0.3) is 0 Å². The number of hydrogen-bond donors (Lipinski definition) is 2. The summed E-state index contributed by atoms with van der Waals surface area (Å²) in [7, 11) is 1.39. The van der Waals surface area contributed by atoms with E-state index in [-0.39, 0.29) is 65.8 Å². The number of Topliss-reactive ketones (excluding diaryl/α,β-unsaturated/α-hetero) is 2. The number of carboxylic acid groups (broad SMARTS) is 2. The minimum Gasteiger partial charge on any atom is -0.493 e. The summed E-state index contributed by atoms with van der Waals surface area (Å²) in [4.78, 5) is 47.3. The minimum absolute atomic E-state index is 0.0607. The number of aliphatic carboxylic acids is 2. The summed E-state index contributed by atoms with van der Waals surface area (Å²) >= 11 is 1.07. The van der Waals surface area contributed by atoms with Crippen molar-refractivity contribution in [3.63, 3.8) is 0 Å². The third-order valence-electron chi connectivity index (χ3n) is 6.86. The molecule has 226 valence electrons. The van der Waals surface area contributed by atoms with E-state index in [0.717, 1.165) is 22.1 Å². The second kappa shape index (κ2) is 13.2. The molecule has 11 heteroatoms. The molecular weight excluding hydrogens is 579 g/mol. The highest BCUT2D eigenvalue weighted by atomic mass is 32.1. The van der Waals surface area contributed by atoms with Gasteiger partial charge in [-0.15, -0.1) is 11.3 Å². The summed E-state index contributed by atoms with van der Waals surface area (Å²) in [5, 5.41) is 20.0. The molecule has 0 unspecified atom stereocenters. The Bertz CT molecular complexity index is 1710. The molecule has 0 amide bonds. The van der Waals surface area contributed by atoms with Gasteiger partial charge in [0.1, 0.15) is 5.75 Å². The monoisotopic (exact) mass is 610 g/mol. The highest BCUT2D eigenvalue weighted by molar-refractivity contribution is 7.20. The van der Waals surface area contributed by atoms with Crippen LogP contribution in [0.2, 0.25) is 0 Å². The lowest BCUT2D eigenvalue weighted by molar-refractivity contribution is -0.146. The normalized spacial score (nSPS) is 11.4. The molecule has 0 saturated heterocycles. The van der Waals surface area contributed by atoms with Gasteiger partial charge in [0.2, 0.25) is 0 Å². The molecule has 4 aromatic rings. The van der Waals surface area contributed by atoms with Crippen LogP contribution in [0.25, 0.3) is 20.9 Å². The maximum absolute atomic E-state index is 15.5. The number of halogens is 1. The molecule has 0 atom stereocenters. The Morgan fingerprint density at radius 2 is 1.58 bits per heavy atom. The molecule has 0 aliphatic rings. The molecule has 43 heavy (non-hydrogen) atoms. The number of rotatable bonds is 15. The van der Waals surface area contributed by atoms with Gasteiger partial charge in [-0.2, -0.15) is 0 Å². The third-order valence-corrected chi connectivity index (χ3v) is 7.99. The number of thiophene rings is 1. The average Bonchev–Trinajstić information content (AvgIpc) is 3.40. The quantitative estimate of drug-likeness (QED) is 0.110. The number of carboxylic acids is 2. The van der Waals surface area contributed by atoms with E-state index in [1.165, 1.54) is 27.0 Å². The van der Waals surface area contributed by atoms with Crippen molar-refractivity contribution in [1.82, 2.24) is 0 Å². The van der Waals surface area contributed by atoms with Gasteiger partial charge in [-0.3, -0.25) is 19.2 Å². The van der Waals surface area contributed by atoms with Crippen molar-refractivity contribution >= 4 is 55.7 Å². The number of fused-ring (bicyclic) bond motifs is 2. The number of methoxy groups -OCH3 is 1. The van der Waals surface area contributed by atoms with E-state index in [4.69, 9.17) is 19.3 Å². The average molecular weight is 611 g/mol. The van der Waals surface area contributed by atoms with Crippen molar-refractivity contribution in [3.8, 4) is 17.2 Å². The van der Waals surface area contributed by atoms with Crippen molar-refractivity contribution in [2.75, 3.05) is 20.3 Å². The van der Waals surface area contributed by atoms with E-state index < -0.39 is 23.2 Å². The molecule has 4 rings (SSSR count). The Balaban J connectivity index is 1.36. The molecule has 0 fully saturated rings. The molecule has 0 bridgehead atoms. The van der Waals surface area contributed by atoms with Gasteiger partial charge >= 0.3 is 11.9 Å². The van der Waals surface area contributed by atoms with Gasteiger partial charge in [0.15, 0.2) is 28.9 Å². The molecule has 0 radical (unpaired) electrons. The van der Waals surface area contributed by atoms with E-state index in [1.54, 1.807) is 30.3 Å². The highest BCUT2D eigenvalue weighted by Gasteiger charge is 2.31. The molecule has 0 aliphatic heterocycles. The van der Waals surface area contributed by atoms with Gasteiger partial charge in [-0.1, -0.05) is 18.2 Å². The van der Waals surface area contributed by atoms with Gasteiger partial charge in [0, 0.05) is 41.0 Å². The van der Waals surface area contributed by atoms with Crippen molar-refractivity contribution in [3.05, 3.63) is 64.8 Å². The van der Waals surface area contributed by atoms with Crippen LogP contribution in [-0.2, 0) is 9.59 Å². The predicted octanol–water partition coefficient (Wildman–Crippen LogP) is 6.78. The molecular formula is C32H31FO9S. The van der Waals surface area contributed by atoms with Crippen LogP contribution in [0.3, 0.4) is 0 Å². The van der Waals surface area contributed by atoms with Crippen molar-refractivity contribution < 1.29 is 48.0 Å². The summed E-state index contributed by atoms with van der Waals surface area (Å²) in [6, 6.07) is 13.6. The van der Waals surface area contributed by atoms with Crippen LogP contribution >= 0.6 is 11.3 Å². The smallest absolute Gasteiger partial charge is 0.309 e. The number of benzene rings is 3. The minimum atomic E-state index is -1.25. The van der Waals surface area contributed by atoms with Crippen LogP contribution in [-0.4, -0.2) is 54.0 Å². The predicted molar refractivity (Wildman–Crippen MR) is 159 cm³/mol. The topological polar surface area (TPSA) is 136 Å². The first-order chi connectivity index (χ1) is 20.4. The number of carbonyl (C=O) groups is 4. The van der Waals surface area contributed by atoms with Crippen LogP contribution in [0, 0.1) is 11.2 Å². The zero-order chi connectivity index (χ0) is 31.3. The number of carbonyl (C=O) groups excluding carboxylic acids is 2. The Morgan fingerprint density at radius 1 is 0.884 bits per heavy atom. The Labute approximate surface area is 250 Å². The third kappa shape index (κ3) is 7.47. The molecule has 1 aromatic heterocycles. The van der Waals surface area contributed by atoms with E-state index in [2.05, 4.69) is 0 Å². The summed E-state index contributed by atoms with van der Waals surface area (Å²) in [5.41, 5.74) is -0.797. The standard InChI is InChI=1S/C32H31FO9S/c1-32(2,31(38)39)17-24(35)27-15-22-26(43-27)16-25(40-3)30(29(22)33)42-12-4-11-41-21-8-7-18-13-20(6-5-19(18)14-21)23(34)9-10-28(36)37/h5-8,13-16H,4,9-12,17H2,1-3H3,(H,36,37)(H,38,39). The number of ether oxygens (including phenoxy) is 3. The van der Waals surface area contributed by atoms with E-state index in [0.29, 0.717) is 22.4 Å². The molecule has 0 spiro atoms. The lowest BCUT2D eigenvalue weighted by Gasteiger charge is -2.16. The van der Waals surface area contributed by atoms with Gasteiger partial charge in [-0.25, -0.2) is 4.39 Å². The maximum atomic E-state index is 15.5. The van der Waals surface area contributed by atoms with Crippen LogP contribution in [0.1, 0.15) is 59.6 Å². The zero-order valence-corrected chi connectivity index (χ0v) is 24.7. The summed E-state index contributed by atoms with van der Waals surface area (Å²) in [6.07, 6.45) is -0.0714. The fraction of sp³-hybridized carbons (Fsp3) is 0.312. The van der Waals surface area contributed by atoms with Crippen molar-refractivity contribution in [1.29, 1.82) is 0 Å². The Hall–Kier alpha value is -4.51. The van der Waals surface area contributed by atoms with Gasteiger partial charge < -0.3 is 24.4 Å². The first-order valence-electron chi connectivity index (χ1n) is 13.5. The highest BCUT2D eigenvalue weighted by Crippen LogP contribution is 2.41. The second-order valence-electron chi connectivity index (χ2n) is 10.6. The number of hydrogen-bond acceptors (Lipinski definition) is 8. The SMILES string of the molecule is COc1cc2sc(C(=O)CC(C)(C)C(=O)O)cc2c(F)c1OCCCOc1ccc2cc(C(=O)CCC(=O)O)ccc2c1. The van der Waals surface area contributed by atoms with Crippen molar-refractivity contribution in [2.24, 2.45) is 5.41 Å². The molecule has 3 aromatic carbocycles. The largest absolute Gasteiger partial charge is 0.493 e. The van der Waals surface area contributed by atoms with Crippen molar-refractivity contribution in [2.45, 2.75) is 39.5 Å². The number of ketones is 2. The fourth-order valence-electron chi connectivity index (χ4n) is 4.36. The Kier molecular flexibility index (Phi) is 9.65. The maximum Gasteiger partial charge on any atom is 0.309 e. The Morgan fingerprint density at radius 3 is 2.28 bits per heavy atom. The summed E-state index contributed by atoms with van der Waals surface area (Å²) in [6.45, 7) is 3.33. The lowest BCUT2D eigenvalue weighted by atomic mass is 9.87. The van der Waals surface area contributed by atoms with Crippen LogP contribution < -0.4 is 14.2 Å². The first kappa shape index (κ1) is 31.4. The van der Waals surface area contributed by atoms with Crippen LogP contribution in [0.15, 0.2) is 48.5 Å². The first-order valence-corrected chi connectivity index (χ1v) is 14.3. The molecule has 0 aliphatic carbocycles. The molecule has 2 N–H and O–H groups in total. The van der Waals surface area contributed by atoms with Crippen LogP contribution in [0.4, 0.5) is 4.39 Å². The van der Waals surface area contributed by atoms with Gasteiger partial charge in [-0.05, 0) is 48.9 Å².